The second kappa shape index (κ2) is 5.51. The highest BCUT2D eigenvalue weighted by Gasteiger charge is 2.12. The lowest BCUT2D eigenvalue weighted by Crippen LogP contribution is -2.20. The van der Waals surface area contributed by atoms with Crippen molar-refractivity contribution < 1.29 is 17.9 Å². The van der Waals surface area contributed by atoms with Crippen LogP contribution in [0.5, 0.6) is 0 Å². The number of para-hydroxylation sites is 1. The smallest absolute Gasteiger partial charge is 0.404 e. The number of anilines is 1. The van der Waals surface area contributed by atoms with Crippen molar-refractivity contribution in [2.75, 3.05) is 18.5 Å². The molecular formula is C9H13N3O4S. The molecule has 0 aliphatic carbocycles. The number of nitrogens with two attached hydrogens (primary N) is 2. The lowest BCUT2D eigenvalue weighted by molar-refractivity contribution is 0.161. The molecule has 0 saturated carbocycles. The number of primary sulfonamides is 1. The van der Waals surface area contributed by atoms with Gasteiger partial charge in [0.15, 0.2) is 0 Å². The lowest BCUT2D eigenvalue weighted by Gasteiger charge is -2.10. The number of carbonyl (C=O) groups excluding carboxylic acids is 1. The van der Waals surface area contributed by atoms with Crippen LogP contribution >= 0.6 is 0 Å². The van der Waals surface area contributed by atoms with Crippen LogP contribution in [0.25, 0.3) is 0 Å². The Morgan fingerprint density at radius 3 is 2.59 bits per heavy atom. The molecule has 0 aliphatic heterocycles. The highest BCUT2D eigenvalue weighted by Crippen LogP contribution is 2.18. The topological polar surface area (TPSA) is 125 Å². The minimum atomic E-state index is -3.78. The van der Waals surface area contributed by atoms with Crippen LogP contribution in [0.3, 0.4) is 0 Å². The molecule has 0 bridgehead atoms. The van der Waals surface area contributed by atoms with Gasteiger partial charge in [0.2, 0.25) is 10.0 Å². The summed E-state index contributed by atoms with van der Waals surface area (Å²) >= 11 is 0. The first-order chi connectivity index (χ1) is 7.91. The molecule has 7 nitrogen and oxygen atoms in total. The van der Waals surface area contributed by atoms with Crippen LogP contribution in [-0.4, -0.2) is 27.7 Å². The van der Waals surface area contributed by atoms with E-state index in [1.165, 1.54) is 6.07 Å². The molecule has 0 heterocycles. The minimum absolute atomic E-state index is 0.0147. The van der Waals surface area contributed by atoms with E-state index < -0.39 is 16.1 Å². The van der Waals surface area contributed by atoms with Gasteiger partial charge in [-0.15, -0.1) is 0 Å². The van der Waals surface area contributed by atoms with Crippen molar-refractivity contribution in [3.8, 4) is 0 Å². The van der Waals surface area contributed by atoms with Crippen molar-refractivity contribution in [2.45, 2.75) is 4.90 Å². The molecule has 1 aromatic carbocycles. The highest BCUT2D eigenvalue weighted by atomic mass is 32.2. The maximum atomic E-state index is 11.2. The van der Waals surface area contributed by atoms with E-state index in [1.807, 2.05) is 0 Å². The molecule has 94 valence electrons. The predicted octanol–water partition coefficient (Wildman–Crippen LogP) is -0.159. The minimum Gasteiger partial charge on any atom is -0.448 e. The molecule has 1 amide bonds. The first kappa shape index (κ1) is 13.3. The molecule has 0 atom stereocenters. The molecule has 0 aromatic heterocycles. The Bertz CT molecular complexity index is 501. The van der Waals surface area contributed by atoms with E-state index in [0.29, 0.717) is 5.69 Å². The number of amides is 1. The van der Waals surface area contributed by atoms with Crippen molar-refractivity contribution in [3.05, 3.63) is 24.3 Å². The number of hydrogen-bond acceptors (Lipinski definition) is 5. The molecule has 0 spiro atoms. The van der Waals surface area contributed by atoms with E-state index in [1.54, 1.807) is 18.2 Å². The van der Waals surface area contributed by atoms with Crippen LogP contribution in [0, 0.1) is 0 Å². The van der Waals surface area contributed by atoms with Gasteiger partial charge < -0.3 is 15.8 Å². The predicted molar refractivity (Wildman–Crippen MR) is 61.8 cm³/mol. The number of sulfonamides is 1. The summed E-state index contributed by atoms with van der Waals surface area (Å²) in [5.41, 5.74) is 5.12. The number of primary amides is 1. The average Bonchev–Trinajstić information content (AvgIpc) is 2.23. The standard InChI is InChI=1S/C9H13N3O4S/c10-9(13)16-6-5-12-7-3-1-2-4-8(7)17(11,14)15/h1-4,12H,5-6H2,(H2,10,13)(H2,11,14,15). The maximum absolute atomic E-state index is 11.2. The van der Waals surface area contributed by atoms with Gasteiger partial charge in [-0.05, 0) is 12.1 Å². The fourth-order valence-corrected chi connectivity index (χ4v) is 1.91. The first-order valence-corrected chi connectivity index (χ1v) is 6.24. The second-order valence-electron chi connectivity index (χ2n) is 3.14. The first-order valence-electron chi connectivity index (χ1n) is 4.69. The van der Waals surface area contributed by atoms with Crippen LogP contribution in [0.1, 0.15) is 0 Å². The number of carbonyl (C=O) groups is 1. The quantitative estimate of drug-likeness (QED) is 0.634. The summed E-state index contributed by atoms with van der Waals surface area (Å²) in [6.07, 6.45) is -0.883. The molecule has 0 saturated heterocycles. The van der Waals surface area contributed by atoms with Crippen molar-refractivity contribution in [1.82, 2.24) is 0 Å². The fourth-order valence-electron chi connectivity index (χ4n) is 1.20. The Morgan fingerprint density at radius 1 is 1.35 bits per heavy atom. The van der Waals surface area contributed by atoms with Crippen molar-refractivity contribution >= 4 is 21.8 Å². The van der Waals surface area contributed by atoms with Crippen LogP contribution in [-0.2, 0) is 14.8 Å². The number of benzene rings is 1. The van der Waals surface area contributed by atoms with Gasteiger partial charge in [0.05, 0.1) is 5.69 Å². The van der Waals surface area contributed by atoms with Gasteiger partial charge in [-0.3, -0.25) is 0 Å². The van der Waals surface area contributed by atoms with Gasteiger partial charge in [0.1, 0.15) is 11.5 Å². The van der Waals surface area contributed by atoms with Gasteiger partial charge in [-0.1, -0.05) is 12.1 Å². The summed E-state index contributed by atoms with van der Waals surface area (Å²) in [7, 11) is -3.78. The van der Waals surface area contributed by atoms with Gasteiger partial charge >= 0.3 is 6.09 Å². The third-order valence-electron chi connectivity index (χ3n) is 1.86. The van der Waals surface area contributed by atoms with Gasteiger partial charge in [-0.2, -0.15) is 0 Å². The van der Waals surface area contributed by atoms with E-state index in [0.717, 1.165) is 0 Å². The third-order valence-corrected chi connectivity index (χ3v) is 2.82. The van der Waals surface area contributed by atoms with Gasteiger partial charge in [-0.25, -0.2) is 18.4 Å². The van der Waals surface area contributed by atoms with Crippen molar-refractivity contribution in [2.24, 2.45) is 10.9 Å². The molecule has 0 unspecified atom stereocenters. The SMILES string of the molecule is NC(=O)OCCNc1ccccc1S(N)(=O)=O. The summed E-state index contributed by atoms with van der Waals surface area (Å²) in [5.74, 6) is 0. The molecular weight excluding hydrogens is 246 g/mol. The van der Waals surface area contributed by atoms with E-state index >= 15 is 0 Å². The number of ether oxygens (including phenoxy) is 1. The molecule has 1 rings (SSSR count). The molecule has 0 radical (unpaired) electrons. The summed E-state index contributed by atoms with van der Waals surface area (Å²) in [6, 6.07) is 6.16. The third kappa shape index (κ3) is 4.29. The fraction of sp³-hybridized carbons (Fsp3) is 0.222. The summed E-state index contributed by atoms with van der Waals surface area (Å²) in [4.78, 5) is 10.3. The summed E-state index contributed by atoms with van der Waals surface area (Å²) < 4.78 is 26.9. The number of rotatable bonds is 5. The van der Waals surface area contributed by atoms with Crippen LogP contribution < -0.4 is 16.2 Å². The zero-order chi connectivity index (χ0) is 12.9. The Balaban J connectivity index is 2.68. The Morgan fingerprint density at radius 2 is 2.00 bits per heavy atom. The molecule has 0 aliphatic rings. The molecule has 1 aromatic rings. The Kier molecular flexibility index (Phi) is 4.30. The Hall–Kier alpha value is -1.80. The van der Waals surface area contributed by atoms with Crippen LogP contribution in [0.2, 0.25) is 0 Å². The maximum Gasteiger partial charge on any atom is 0.404 e. The largest absolute Gasteiger partial charge is 0.448 e. The molecule has 5 N–H and O–H groups in total. The molecule has 0 fully saturated rings. The van der Waals surface area contributed by atoms with Crippen LogP contribution in [0.4, 0.5) is 10.5 Å². The number of hydrogen-bond donors (Lipinski definition) is 3. The summed E-state index contributed by atoms with van der Waals surface area (Å²) in [6.45, 7) is 0.268. The van der Waals surface area contributed by atoms with E-state index in [9.17, 15) is 13.2 Å². The van der Waals surface area contributed by atoms with E-state index in [4.69, 9.17) is 10.9 Å². The zero-order valence-electron chi connectivity index (χ0n) is 8.92. The molecule has 17 heavy (non-hydrogen) atoms. The summed E-state index contributed by atoms with van der Waals surface area (Å²) in [5, 5.41) is 7.82. The van der Waals surface area contributed by atoms with Crippen molar-refractivity contribution in [3.63, 3.8) is 0 Å². The van der Waals surface area contributed by atoms with Gasteiger partial charge in [0, 0.05) is 6.54 Å². The van der Waals surface area contributed by atoms with E-state index in [-0.39, 0.29) is 18.0 Å². The van der Waals surface area contributed by atoms with Crippen LogP contribution in [0.15, 0.2) is 29.2 Å². The van der Waals surface area contributed by atoms with Gasteiger partial charge in [0.25, 0.3) is 0 Å². The normalized spacial score (nSPS) is 10.9. The number of nitrogens with one attached hydrogen (secondary N) is 1. The Labute approximate surface area is 98.8 Å². The molecule has 8 heteroatoms. The lowest BCUT2D eigenvalue weighted by atomic mass is 10.3. The monoisotopic (exact) mass is 259 g/mol. The second-order valence-corrected chi connectivity index (χ2v) is 4.67. The average molecular weight is 259 g/mol. The zero-order valence-corrected chi connectivity index (χ0v) is 9.74. The van der Waals surface area contributed by atoms with Crippen molar-refractivity contribution in [1.29, 1.82) is 0 Å². The highest BCUT2D eigenvalue weighted by molar-refractivity contribution is 7.89. The van der Waals surface area contributed by atoms with E-state index in [2.05, 4.69) is 10.1 Å².